The van der Waals surface area contributed by atoms with Gasteiger partial charge in [0.15, 0.2) is 0 Å². The predicted molar refractivity (Wildman–Crippen MR) is 82.8 cm³/mol. The molecule has 106 valence electrons. The van der Waals surface area contributed by atoms with Crippen molar-refractivity contribution >= 4 is 27.5 Å². The minimum atomic E-state index is -0.864. The third-order valence-electron chi connectivity index (χ3n) is 2.99. The SMILES string of the molecule is COc1ccc(C(O)c2ccc(Br)cc2OC)c(Cl)c1. The summed E-state index contributed by atoms with van der Waals surface area (Å²) in [6.45, 7) is 0. The Hall–Kier alpha value is -1.23. The van der Waals surface area contributed by atoms with Gasteiger partial charge in [-0.25, -0.2) is 0 Å². The summed E-state index contributed by atoms with van der Waals surface area (Å²) >= 11 is 9.56. The first-order chi connectivity index (χ1) is 9.56. The van der Waals surface area contributed by atoms with Crippen LogP contribution in [0.25, 0.3) is 0 Å². The predicted octanol–water partition coefficient (Wildman–Crippen LogP) is 4.20. The molecule has 0 amide bonds. The van der Waals surface area contributed by atoms with Gasteiger partial charge in [-0.15, -0.1) is 0 Å². The fourth-order valence-corrected chi connectivity index (χ4v) is 2.55. The number of aliphatic hydroxyl groups is 1. The number of benzene rings is 2. The van der Waals surface area contributed by atoms with E-state index in [9.17, 15) is 5.11 Å². The van der Waals surface area contributed by atoms with E-state index >= 15 is 0 Å². The molecule has 2 rings (SSSR count). The molecule has 0 saturated carbocycles. The van der Waals surface area contributed by atoms with Gasteiger partial charge in [-0.05, 0) is 24.3 Å². The molecule has 0 saturated heterocycles. The summed E-state index contributed by atoms with van der Waals surface area (Å²) in [4.78, 5) is 0. The topological polar surface area (TPSA) is 38.7 Å². The van der Waals surface area contributed by atoms with E-state index in [1.807, 2.05) is 6.07 Å². The number of ether oxygens (including phenoxy) is 2. The highest BCUT2D eigenvalue weighted by molar-refractivity contribution is 9.10. The molecule has 2 aromatic rings. The zero-order valence-electron chi connectivity index (χ0n) is 11.1. The van der Waals surface area contributed by atoms with Gasteiger partial charge in [0.25, 0.3) is 0 Å². The van der Waals surface area contributed by atoms with E-state index in [4.69, 9.17) is 21.1 Å². The van der Waals surface area contributed by atoms with Gasteiger partial charge in [0.2, 0.25) is 0 Å². The van der Waals surface area contributed by atoms with Gasteiger partial charge in [-0.1, -0.05) is 39.7 Å². The summed E-state index contributed by atoms with van der Waals surface area (Å²) in [6.07, 6.45) is -0.864. The summed E-state index contributed by atoms with van der Waals surface area (Å²) in [5, 5.41) is 11.0. The summed E-state index contributed by atoms with van der Waals surface area (Å²) in [5.41, 5.74) is 1.26. The highest BCUT2D eigenvalue weighted by Gasteiger charge is 2.18. The van der Waals surface area contributed by atoms with Gasteiger partial charge in [0.05, 0.1) is 19.2 Å². The van der Waals surface area contributed by atoms with Crippen molar-refractivity contribution in [2.45, 2.75) is 6.10 Å². The van der Waals surface area contributed by atoms with Crippen molar-refractivity contribution in [2.75, 3.05) is 14.2 Å². The maximum atomic E-state index is 10.5. The van der Waals surface area contributed by atoms with Gasteiger partial charge >= 0.3 is 0 Å². The van der Waals surface area contributed by atoms with Crippen LogP contribution in [0.5, 0.6) is 11.5 Å². The number of hydrogen-bond donors (Lipinski definition) is 1. The van der Waals surface area contributed by atoms with Gasteiger partial charge < -0.3 is 14.6 Å². The number of aliphatic hydroxyl groups excluding tert-OH is 1. The normalized spacial score (nSPS) is 12.1. The fraction of sp³-hybridized carbons (Fsp3) is 0.200. The van der Waals surface area contributed by atoms with Gasteiger partial charge in [0, 0.05) is 15.6 Å². The molecular weight excluding hydrogens is 344 g/mol. The summed E-state index contributed by atoms with van der Waals surface area (Å²) in [6, 6.07) is 10.6. The Morgan fingerprint density at radius 2 is 1.75 bits per heavy atom. The first-order valence-electron chi connectivity index (χ1n) is 5.91. The molecule has 0 heterocycles. The van der Waals surface area contributed by atoms with Crippen LogP contribution >= 0.6 is 27.5 Å². The molecule has 2 aromatic carbocycles. The second-order valence-electron chi connectivity index (χ2n) is 4.18. The van der Waals surface area contributed by atoms with Crippen LogP contribution in [0.2, 0.25) is 5.02 Å². The molecule has 3 nitrogen and oxygen atoms in total. The van der Waals surface area contributed by atoms with Crippen molar-refractivity contribution in [2.24, 2.45) is 0 Å². The minimum absolute atomic E-state index is 0.446. The molecule has 0 aliphatic rings. The van der Waals surface area contributed by atoms with Crippen molar-refractivity contribution in [3.63, 3.8) is 0 Å². The molecule has 1 atom stereocenters. The Kier molecular flexibility index (Phi) is 4.91. The first-order valence-corrected chi connectivity index (χ1v) is 7.09. The Bertz CT molecular complexity index is 616. The van der Waals surface area contributed by atoms with Crippen LogP contribution in [-0.2, 0) is 0 Å². The molecule has 20 heavy (non-hydrogen) atoms. The molecule has 0 radical (unpaired) electrons. The van der Waals surface area contributed by atoms with Crippen molar-refractivity contribution in [3.8, 4) is 11.5 Å². The molecule has 0 aliphatic carbocycles. The lowest BCUT2D eigenvalue weighted by atomic mass is 10.0. The van der Waals surface area contributed by atoms with Crippen LogP contribution in [0.15, 0.2) is 40.9 Å². The third kappa shape index (κ3) is 3.08. The summed E-state index contributed by atoms with van der Waals surface area (Å²) in [7, 11) is 3.13. The number of methoxy groups -OCH3 is 2. The van der Waals surface area contributed by atoms with Crippen molar-refractivity contribution in [1.29, 1.82) is 0 Å². The van der Waals surface area contributed by atoms with Crippen molar-refractivity contribution < 1.29 is 14.6 Å². The van der Waals surface area contributed by atoms with Crippen LogP contribution in [0.3, 0.4) is 0 Å². The number of hydrogen-bond acceptors (Lipinski definition) is 3. The van der Waals surface area contributed by atoms with E-state index in [0.29, 0.717) is 27.6 Å². The number of halogens is 2. The summed E-state index contributed by atoms with van der Waals surface area (Å²) in [5.74, 6) is 1.24. The largest absolute Gasteiger partial charge is 0.497 e. The zero-order chi connectivity index (χ0) is 14.7. The Balaban J connectivity index is 2.43. The molecule has 5 heteroatoms. The lowest BCUT2D eigenvalue weighted by molar-refractivity contribution is 0.214. The zero-order valence-corrected chi connectivity index (χ0v) is 13.4. The van der Waals surface area contributed by atoms with Gasteiger partial charge in [-0.3, -0.25) is 0 Å². The van der Waals surface area contributed by atoms with Crippen LogP contribution < -0.4 is 9.47 Å². The van der Waals surface area contributed by atoms with Gasteiger partial charge in [0.1, 0.15) is 17.6 Å². The average Bonchev–Trinajstić information content (AvgIpc) is 2.46. The van der Waals surface area contributed by atoms with Crippen LogP contribution in [0.4, 0.5) is 0 Å². The maximum Gasteiger partial charge on any atom is 0.126 e. The maximum absolute atomic E-state index is 10.5. The monoisotopic (exact) mass is 356 g/mol. The molecule has 1 unspecified atom stereocenters. The average molecular weight is 358 g/mol. The highest BCUT2D eigenvalue weighted by Crippen LogP contribution is 2.36. The molecule has 0 fully saturated rings. The Labute approximate surface area is 131 Å². The van der Waals surface area contributed by atoms with Gasteiger partial charge in [-0.2, -0.15) is 0 Å². The minimum Gasteiger partial charge on any atom is -0.497 e. The van der Waals surface area contributed by atoms with Crippen LogP contribution in [-0.4, -0.2) is 19.3 Å². The molecule has 0 bridgehead atoms. The van der Waals surface area contributed by atoms with E-state index in [2.05, 4.69) is 15.9 Å². The molecule has 0 aromatic heterocycles. The molecule has 0 aliphatic heterocycles. The first kappa shape index (κ1) is 15.2. The molecule has 1 N–H and O–H groups in total. The van der Waals surface area contributed by atoms with E-state index < -0.39 is 6.10 Å². The quantitative estimate of drug-likeness (QED) is 0.891. The fourth-order valence-electron chi connectivity index (χ4n) is 1.93. The molecule has 0 spiro atoms. The van der Waals surface area contributed by atoms with E-state index in [-0.39, 0.29) is 0 Å². The Morgan fingerprint density at radius 3 is 2.35 bits per heavy atom. The second-order valence-corrected chi connectivity index (χ2v) is 5.50. The van der Waals surface area contributed by atoms with Crippen LogP contribution in [0, 0.1) is 0 Å². The van der Waals surface area contributed by atoms with E-state index in [0.717, 1.165) is 4.47 Å². The smallest absolute Gasteiger partial charge is 0.126 e. The highest BCUT2D eigenvalue weighted by atomic mass is 79.9. The van der Waals surface area contributed by atoms with Crippen molar-refractivity contribution in [3.05, 3.63) is 57.0 Å². The van der Waals surface area contributed by atoms with Crippen LogP contribution in [0.1, 0.15) is 17.2 Å². The number of rotatable bonds is 4. The molecular formula is C15H14BrClO3. The Morgan fingerprint density at radius 1 is 1.05 bits per heavy atom. The summed E-state index contributed by atoms with van der Waals surface area (Å²) < 4.78 is 11.3. The lowest BCUT2D eigenvalue weighted by Gasteiger charge is -2.17. The second kappa shape index (κ2) is 6.48. The van der Waals surface area contributed by atoms with Crippen molar-refractivity contribution in [1.82, 2.24) is 0 Å². The van der Waals surface area contributed by atoms with E-state index in [1.54, 1.807) is 44.6 Å². The third-order valence-corrected chi connectivity index (χ3v) is 3.81. The standard InChI is InChI=1S/C15H14BrClO3/c1-19-10-4-6-11(13(17)8-10)15(18)12-5-3-9(16)7-14(12)20-2/h3-8,15,18H,1-2H3. The lowest BCUT2D eigenvalue weighted by Crippen LogP contribution is -2.03. The van der Waals surface area contributed by atoms with E-state index in [1.165, 1.54) is 0 Å².